The fraction of sp³-hybridized carbons (Fsp3) is 0.273. The van der Waals surface area contributed by atoms with Crippen LogP contribution in [0.4, 0.5) is 0 Å². The second-order valence-corrected chi connectivity index (χ2v) is 10.5. The number of hydrogen-bond donors (Lipinski definition) is 1. The van der Waals surface area contributed by atoms with E-state index in [9.17, 15) is 10.1 Å². The molecule has 0 fully saturated rings. The number of ketones is 1. The zero-order chi connectivity index (χ0) is 21.8. The standard InChI is InChI=1S/C22H17Cl3N2O2S/c1-22(2)7-14(28)20-15(8-22)29-21(27)11(9-26)18(20)16-3-4-17(30-16)19-12(24)5-10(23)6-13(19)25/h3-6,18H,7-8,27H2,1-2H3/t18-/m1/s1. The molecule has 0 saturated heterocycles. The summed E-state index contributed by atoms with van der Waals surface area (Å²) in [6.45, 7) is 4.03. The quantitative estimate of drug-likeness (QED) is 0.512. The van der Waals surface area contributed by atoms with Crippen LogP contribution in [0.1, 0.15) is 37.5 Å². The fourth-order valence-corrected chi connectivity index (χ4v) is 6.32. The lowest BCUT2D eigenvalue weighted by Crippen LogP contribution is -2.33. The van der Waals surface area contributed by atoms with Crippen LogP contribution in [0.15, 0.2) is 47.1 Å². The van der Waals surface area contributed by atoms with Crippen LogP contribution in [-0.2, 0) is 9.53 Å². The molecule has 4 rings (SSSR count). The zero-order valence-electron chi connectivity index (χ0n) is 16.2. The number of carbonyl (C=O) groups excluding carboxylic acids is 1. The number of nitrogens with two attached hydrogens (primary N) is 1. The number of allylic oxidation sites excluding steroid dienone is 3. The fourth-order valence-electron chi connectivity index (χ4n) is 3.99. The summed E-state index contributed by atoms with van der Waals surface area (Å²) >= 11 is 20.2. The molecule has 2 aliphatic rings. The number of nitrogens with zero attached hydrogens (tertiary/aromatic N) is 1. The van der Waals surface area contributed by atoms with E-state index >= 15 is 0 Å². The molecule has 30 heavy (non-hydrogen) atoms. The third-order valence-corrected chi connectivity index (χ3v) is 7.22. The third-order valence-electron chi connectivity index (χ3n) is 5.24. The molecule has 1 aromatic heterocycles. The largest absolute Gasteiger partial charge is 0.444 e. The first-order valence-electron chi connectivity index (χ1n) is 9.20. The van der Waals surface area contributed by atoms with Gasteiger partial charge in [-0.2, -0.15) is 5.26 Å². The third kappa shape index (κ3) is 3.63. The Bertz CT molecular complexity index is 1160. The smallest absolute Gasteiger partial charge is 0.205 e. The number of nitriles is 1. The molecule has 0 unspecified atom stereocenters. The Hall–Kier alpha value is -1.97. The van der Waals surface area contributed by atoms with Gasteiger partial charge < -0.3 is 10.5 Å². The summed E-state index contributed by atoms with van der Waals surface area (Å²) < 4.78 is 5.74. The summed E-state index contributed by atoms with van der Waals surface area (Å²) in [6.07, 6.45) is 0.967. The van der Waals surface area contributed by atoms with Crippen LogP contribution >= 0.6 is 46.1 Å². The SMILES string of the molecule is CC1(C)CC(=O)C2=C(C1)OC(N)=C(C#N)[C@@H]2c1ccc(-c2c(Cl)cc(Cl)cc2Cl)s1. The first-order chi connectivity index (χ1) is 14.1. The highest BCUT2D eigenvalue weighted by atomic mass is 35.5. The normalized spacial score (nSPS) is 20.7. The highest BCUT2D eigenvalue weighted by Gasteiger charge is 2.43. The highest BCUT2D eigenvalue weighted by Crippen LogP contribution is 2.50. The van der Waals surface area contributed by atoms with Gasteiger partial charge in [0.25, 0.3) is 0 Å². The molecule has 4 nitrogen and oxygen atoms in total. The number of benzene rings is 1. The summed E-state index contributed by atoms with van der Waals surface area (Å²) in [4.78, 5) is 14.7. The monoisotopic (exact) mass is 478 g/mol. The number of Topliss-reactive ketones (excluding diaryl/α,β-unsaturated/α-hetero) is 1. The van der Waals surface area contributed by atoms with E-state index in [2.05, 4.69) is 6.07 Å². The molecule has 1 aliphatic heterocycles. The minimum absolute atomic E-state index is 0.0241. The predicted molar refractivity (Wildman–Crippen MR) is 120 cm³/mol. The van der Waals surface area contributed by atoms with Crippen molar-refractivity contribution < 1.29 is 9.53 Å². The van der Waals surface area contributed by atoms with Gasteiger partial charge in [-0.3, -0.25) is 4.79 Å². The maximum absolute atomic E-state index is 13.1. The molecule has 154 valence electrons. The average Bonchev–Trinajstić information content (AvgIpc) is 3.07. The van der Waals surface area contributed by atoms with Gasteiger partial charge in [-0.05, 0) is 29.7 Å². The Morgan fingerprint density at radius 2 is 1.87 bits per heavy atom. The average molecular weight is 480 g/mol. The van der Waals surface area contributed by atoms with Gasteiger partial charge in [-0.25, -0.2) is 0 Å². The van der Waals surface area contributed by atoms with Crippen molar-refractivity contribution in [3.63, 3.8) is 0 Å². The topological polar surface area (TPSA) is 76.1 Å². The molecular formula is C22H17Cl3N2O2S. The molecule has 0 bridgehead atoms. The number of carbonyl (C=O) groups is 1. The summed E-state index contributed by atoms with van der Waals surface area (Å²) in [5, 5.41) is 11.1. The van der Waals surface area contributed by atoms with Crippen molar-refractivity contribution in [2.45, 2.75) is 32.6 Å². The molecule has 0 spiro atoms. The minimum Gasteiger partial charge on any atom is -0.444 e. The van der Waals surface area contributed by atoms with Crippen molar-refractivity contribution in [3.05, 3.63) is 67.0 Å². The molecule has 2 heterocycles. The lowest BCUT2D eigenvalue weighted by Gasteiger charge is -2.36. The van der Waals surface area contributed by atoms with Gasteiger partial charge >= 0.3 is 0 Å². The van der Waals surface area contributed by atoms with Gasteiger partial charge in [0.1, 0.15) is 17.4 Å². The van der Waals surface area contributed by atoms with Gasteiger partial charge in [-0.1, -0.05) is 48.7 Å². The first kappa shape index (κ1) is 21.3. The van der Waals surface area contributed by atoms with Crippen LogP contribution in [0.5, 0.6) is 0 Å². The maximum Gasteiger partial charge on any atom is 0.205 e. The van der Waals surface area contributed by atoms with E-state index in [-0.39, 0.29) is 22.7 Å². The van der Waals surface area contributed by atoms with Gasteiger partial charge in [0, 0.05) is 38.8 Å². The maximum atomic E-state index is 13.1. The van der Waals surface area contributed by atoms with Crippen LogP contribution in [0.2, 0.25) is 15.1 Å². The molecule has 8 heteroatoms. The van der Waals surface area contributed by atoms with Crippen molar-refractivity contribution >= 4 is 51.9 Å². The van der Waals surface area contributed by atoms with E-state index in [1.807, 2.05) is 26.0 Å². The second-order valence-electron chi connectivity index (χ2n) is 8.15. The second kappa shape index (κ2) is 7.62. The van der Waals surface area contributed by atoms with Crippen LogP contribution in [0, 0.1) is 16.7 Å². The molecule has 1 aliphatic carbocycles. The van der Waals surface area contributed by atoms with Crippen molar-refractivity contribution in [1.82, 2.24) is 0 Å². The lowest BCUT2D eigenvalue weighted by atomic mass is 9.71. The molecular weight excluding hydrogens is 463 g/mol. The molecule has 2 N–H and O–H groups in total. The zero-order valence-corrected chi connectivity index (χ0v) is 19.3. The van der Waals surface area contributed by atoms with Crippen molar-refractivity contribution in [2.75, 3.05) is 0 Å². The van der Waals surface area contributed by atoms with Crippen LogP contribution in [-0.4, -0.2) is 5.78 Å². The number of halogens is 3. The molecule has 0 radical (unpaired) electrons. The number of rotatable bonds is 2. The number of thiophene rings is 1. The highest BCUT2D eigenvalue weighted by molar-refractivity contribution is 7.15. The molecule has 1 atom stereocenters. The summed E-state index contributed by atoms with van der Waals surface area (Å²) in [5.74, 6) is 0.00877. The summed E-state index contributed by atoms with van der Waals surface area (Å²) in [6, 6.07) is 9.14. The van der Waals surface area contributed by atoms with E-state index in [0.29, 0.717) is 44.8 Å². The minimum atomic E-state index is -0.564. The van der Waals surface area contributed by atoms with Crippen molar-refractivity contribution in [2.24, 2.45) is 11.1 Å². The van der Waals surface area contributed by atoms with E-state index < -0.39 is 5.92 Å². The van der Waals surface area contributed by atoms with Gasteiger partial charge in [0.15, 0.2) is 5.78 Å². The Morgan fingerprint density at radius 1 is 1.20 bits per heavy atom. The molecule has 2 aromatic rings. The van der Waals surface area contributed by atoms with E-state index in [1.165, 1.54) is 11.3 Å². The molecule has 0 saturated carbocycles. The van der Waals surface area contributed by atoms with E-state index in [1.54, 1.807) is 12.1 Å². The van der Waals surface area contributed by atoms with Gasteiger partial charge in [-0.15, -0.1) is 11.3 Å². The number of ether oxygens (including phenoxy) is 1. The van der Waals surface area contributed by atoms with Crippen LogP contribution in [0.3, 0.4) is 0 Å². The van der Waals surface area contributed by atoms with Crippen molar-refractivity contribution in [1.29, 1.82) is 5.26 Å². The van der Waals surface area contributed by atoms with Gasteiger partial charge in [0.05, 0.1) is 16.0 Å². The molecule has 1 aromatic carbocycles. The first-order valence-corrected chi connectivity index (χ1v) is 11.1. The lowest BCUT2D eigenvalue weighted by molar-refractivity contribution is -0.119. The van der Waals surface area contributed by atoms with E-state index in [0.717, 1.165) is 9.75 Å². The van der Waals surface area contributed by atoms with Crippen LogP contribution in [0.25, 0.3) is 10.4 Å². The number of hydrogen-bond acceptors (Lipinski definition) is 5. The molecule has 0 amide bonds. The predicted octanol–water partition coefficient (Wildman–Crippen LogP) is 6.83. The van der Waals surface area contributed by atoms with Crippen LogP contribution < -0.4 is 5.73 Å². The van der Waals surface area contributed by atoms with E-state index in [4.69, 9.17) is 45.3 Å². The summed E-state index contributed by atoms with van der Waals surface area (Å²) in [5.41, 5.74) is 7.27. The Morgan fingerprint density at radius 3 is 2.50 bits per heavy atom. The summed E-state index contributed by atoms with van der Waals surface area (Å²) in [7, 11) is 0. The van der Waals surface area contributed by atoms with Crippen molar-refractivity contribution in [3.8, 4) is 16.5 Å². The van der Waals surface area contributed by atoms with Gasteiger partial charge in [0.2, 0.25) is 5.88 Å². The Labute approximate surface area is 193 Å². The Kier molecular flexibility index (Phi) is 5.40. The Balaban J connectivity index is 1.85.